The SMILES string of the molecule is COc1ccccc1-n1nnnc1Sc1nc2ccccc2s1. The van der Waals surface area contributed by atoms with Gasteiger partial charge in [0.05, 0.1) is 17.3 Å². The number of ether oxygens (including phenoxy) is 1. The molecular formula is C15H11N5OS2. The average molecular weight is 341 g/mol. The normalized spacial score (nSPS) is 11.0. The summed E-state index contributed by atoms with van der Waals surface area (Å²) in [7, 11) is 1.63. The Balaban J connectivity index is 1.72. The third-order valence-electron chi connectivity index (χ3n) is 3.21. The first-order valence-electron chi connectivity index (χ1n) is 6.80. The fraction of sp³-hybridized carbons (Fsp3) is 0.0667. The van der Waals surface area contributed by atoms with Crippen LogP contribution in [0.15, 0.2) is 58.0 Å². The molecule has 2 aromatic carbocycles. The zero-order chi connectivity index (χ0) is 15.6. The average Bonchev–Trinajstić information content (AvgIpc) is 3.21. The molecular weight excluding hydrogens is 330 g/mol. The second-order valence-corrected chi connectivity index (χ2v) is 6.84. The van der Waals surface area contributed by atoms with Crippen molar-refractivity contribution in [2.24, 2.45) is 0 Å². The molecule has 2 aromatic heterocycles. The Labute approximate surface area is 140 Å². The zero-order valence-corrected chi connectivity index (χ0v) is 13.7. The van der Waals surface area contributed by atoms with Gasteiger partial charge >= 0.3 is 0 Å². The Morgan fingerprint density at radius 2 is 1.91 bits per heavy atom. The first-order valence-corrected chi connectivity index (χ1v) is 8.43. The fourth-order valence-electron chi connectivity index (χ4n) is 2.17. The molecule has 0 aliphatic heterocycles. The van der Waals surface area contributed by atoms with Crippen molar-refractivity contribution in [3.8, 4) is 11.4 Å². The van der Waals surface area contributed by atoms with Crippen LogP contribution >= 0.6 is 23.1 Å². The van der Waals surface area contributed by atoms with E-state index in [1.165, 1.54) is 11.8 Å². The molecule has 0 aliphatic carbocycles. The third-order valence-corrected chi connectivity index (χ3v) is 5.24. The van der Waals surface area contributed by atoms with E-state index in [0.717, 1.165) is 20.2 Å². The van der Waals surface area contributed by atoms with Crippen LogP contribution in [-0.2, 0) is 0 Å². The van der Waals surface area contributed by atoms with Crippen LogP contribution in [0.5, 0.6) is 5.75 Å². The van der Waals surface area contributed by atoms with Crippen molar-refractivity contribution in [1.82, 2.24) is 25.2 Å². The molecule has 0 fully saturated rings. The number of tetrazole rings is 1. The summed E-state index contributed by atoms with van der Waals surface area (Å²) in [6.45, 7) is 0. The number of hydrogen-bond acceptors (Lipinski definition) is 7. The van der Waals surface area contributed by atoms with Crippen LogP contribution in [0, 0.1) is 0 Å². The van der Waals surface area contributed by atoms with Gasteiger partial charge in [-0.3, -0.25) is 0 Å². The Bertz CT molecular complexity index is 932. The molecule has 114 valence electrons. The molecule has 6 nitrogen and oxygen atoms in total. The quantitative estimate of drug-likeness (QED) is 0.566. The molecule has 0 radical (unpaired) electrons. The molecule has 0 spiro atoms. The van der Waals surface area contributed by atoms with E-state index in [0.29, 0.717) is 10.9 Å². The first-order chi connectivity index (χ1) is 11.3. The van der Waals surface area contributed by atoms with Crippen LogP contribution in [0.25, 0.3) is 15.9 Å². The smallest absolute Gasteiger partial charge is 0.221 e. The lowest BCUT2D eigenvalue weighted by molar-refractivity contribution is 0.410. The second kappa shape index (κ2) is 5.98. The summed E-state index contributed by atoms with van der Waals surface area (Å²) in [6, 6.07) is 15.7. The maximum Gasteiger partial charge on any atom is 0.221 e. The van der Waals surface area contributed by atoms with Crippen LogP contribution in [-0.4, -0.2) is 32.3 Å². The molecule has 0 amide bonds. The van der Waals surface area contributed by atoms with E-state index < -0.39 is 0 Å². The monoisotopic (exact) mass is 341 g/mol. The minimum Gasteiger partial charge on any atom is -0.494 e. The number of benzene rings is 2. The van der Waals surface area contributed by atoms with E-state index in [4.69, 9.17) is 4.74 Å². The van der Waals surface area contributed by atoms with Gasteiger partial charge in [0, 0.05) is 0 Å². The molecule has 0 saturated heterocycles. The van der Waals surface area contributed by atoms with E-state index in [2.05, 4.69) is 26.6 Å². The van der Waals surface area contributed by atoms with E-state index >= 15 is 0 Å². The molecule has 0 saturated carbocycles. The predicted molar refractivity (Wildman–Crippen MR) is 89.4 cm³/mol. The Kier molecular flexibility index (Phi) is 3.68. The highest BCUT2D eigenvalue weighted by molar-refractivity contribution is 8.01. The lowest BCUT2D eigenvalue weighted by Gasteiger charge is -2.08. The molecule has 0 aliphatic rings. The molecule has 0 bridgehead atoms. The minimum absolute atomic E-state index is 0.647. The number of fused-ring (bicyclic) bond motifs is 1. The zero-order valence-electron chi connectivity index (χ0n) is 12.1. The van der Waals surface area contributed by atoms with Gasteiger partial charge in [-0.05, 0) is 46.5 Å². The lowest BCUT2D eigenvalue weighted by atomic mass is 10.3. The van der Waals surface area contributed by atoms with Crippen molar-refractivity contribution in [2.45, 2.75) is 9.50 Å². The van der Waals surface area contributed by atoms with E-state index in [-0.39, 0.29) is 0 Å². The minimum atomic E-state index is 0.647. The Morgan fingerprint density at radius 1 is 1.09 bits per heavy atom. The van der Waals surface area contributed by atoms with Crippen molar-refractivity contribution in [2.75, 3.05) is 7.11 Å². The maximum absolute atomic E-state index is 5.38. The van der Waals surface area contributed by atoms with Gasteiger partial charge in [-0.15, -0.1) is 16.4 Å². The molecule has 4 aromatic rings. The lowest BCUT2D eigenvalue weighted by Crippen LogP contribution is -2.01. The summed E-state index contributed by atoms with van der Waals surface area (Å²) in [5, 5.41) is 12.6. The van der Waals surface area contributed by atoms with Crippen LogP contribution in [0.3, 0.4) is 0 Å². The maximum atomic E-state index is 5.38. The standard InChI is InChI=1S/C15H11N5OS2/c1-21-12-8-4-3-7-11(12)20-14(17-18-19-20)23-15-16-10-6-2-5-9-13(10)22-15/h2-9H,1H3. The van der Waals surface area contributed by atoms with Crippen LogP contribution in [0.4, 0.5) is 0 Å². The van der Waals surface area contributed by atoms with E-state index in [1.807, 2.05) is 42.5 Å². The van der Waals surface area contributed by atoms with Crippen LogP contribution in [0.2, 0.25) is 0 Å². The van der Waals surface area contributed by atoms with Gasteiger partial charge in [-0.2, -0.15) is 4.68 Å². The number of para-hydroxylation sites is 3. The highest BCUT2D eigenvalue weighted by Crippen LogP contribution is 2.34. The van der Waals surface area contributed by atoms with Crippen molar-refractivity contribution >= 4 is 33.3 Å². The van der Waals surface area contributed by atoms with Gasteiger partial charge in [0.1, 0.15) is 11.4 Å². The summed E-state index contributed by atoms with van der Waals surface area (Å²) < 4.78 is 9.09. The molecule has 23 heavy (non-hydrogen) atoms. The van der Waals surface area contributed by atoms with Gasteiger partial charge in [0.25, 0.3) is 0 Å². The van der Waals surface area contributed by atoms with Gasteiger partial charge < -0.3 is 4.74 Å². The molecule has 2 heterocycles. The fourth-order valence-corrected chi connectivity index (χ4v) is 4.13. The highest BCUT2D eigenvalue weighted by Gasteiger charge is 2.15. The predicted octanol–water partition coefficient (Wildman–Crippen LogP) is 3.43. The Morgan fingerprint density at radius 3 is 2.78 bits per heavy atom. The topological polar surface area (TPSA) is 65.7 Å². The Hall–Kier alpha value is -2.45. The molecule has 0 atom stereocenters. The number of rotatable bonds is 4. The largest absolute Gasteiger partial charge is 0.494 e. The summed E-state index contributed by atoms with van der Waals surface area (Å²) in [4.78, 5) is 4.61. The summed E-state index contributed by atoms with van der Waals surface area (Å²) in [6.07, 6.45) is 0. The van der Waals surface area contributed by atoms with Crippen molar-refractivity contribution in [3.05, 3.63) is 48.5 Å². The van der Waals surface area contributed by atoms with E-state index in [1.54, 1.807) is 23.1 Å². The molecule has 4 rings (SSSR count). The number of aromatic nitrogens is 5. The number of nitrogens with zero attached hydrogens (tertiary/aromatic N) is 5. The van der Waals surface area contributed by atoms with Crippen molar-refractivity contribution in [3.63, 3.8) is 0 Å². The van der Waals surface area contributed by atoms with Crippen molar-refractivity contribution < 1.29 is 4.74 Å². The number of thiazole rings is 1. The second-order valence-electron chi connectivity index (χ2n) is 4.59. The van der Waals surface area contributed by atoms with Crippen LogP contribution < -0.4 is 4.74 Å². The van der Waals surface area contributed by atoms with Gasteiger partial charge in [0.15, 0.2) is 4.34 Å². The molecule has 0 unspecified atom stereocenters. The van der Waals surface area contributed by atoms with Crippen molar-refractivity contribution in [1.29, 1.82) is 0 Å². The third kappa shape index (κ3) is 2.66. The van der Waals surface area contributed by atoms with Gasteiger partial charge in [-0.1, -0.05) is 24.3 Å². The van der Waals surface area contributed by atoms with Gasteiger partial charge in [0.2, 0.25) is 5.16 Å². The summed E-state index contributed by atoms with van der Waals surface area (Å²) in [5.41, 5.74) is 1.78. The highest BCUT2D eigenvalue weighted by atomic mass is 32.2. The number of methoxy groups -OCH3 is 1. The summed E-state index contributed by atoms with van der Waals surface area (Å²) in [5.74, 6) is 0.714. The first kappa shape index (κ1) is 14.2. The van der Waals surface area contributed by atoms with Gasteiger partial charge in [-0.25, -0.2) is 4.98 Å². The van der Waals surface area contributed by atoms with Crippen LogP contribution in [0.1, 0.15) is 0 Å². The van der Waals surface area contributed by atoms with E-state index in [9.17, 15) is 0 Å². The summed E-state index contributed by atoms with van der Waals surface area (Å²) >= 11 is 3.06. The molecule has 8 heteroatoms. The number of hydrogen-bond donors (Lipinski definition) is 0. The molecule has 0 N–H and O–H groups in total.